The largest absolute Gasteiger partial charge is 0.507 e. The van der Waals surface area contributed by atoms with Gasteiger partial charge in [-0.2, -0.15) is 18.4 Å². The molecule has 3 rings (SSSR count). The van der Waals surface area contributed by atoms with Gasteiger partial charge in [-0.15, -0.1) is 10.2 Å². The van der Waals surface area contributed by atoms with E-state index in [9.17, 15) is 28.3 Å². The van der Waals surface area contributed by atoms with Crippen molar-refractivity contribution < 1.29 is 32.9 Å². The lowest BCUT2D eigenvalue weighted by Gasteiger charge is -2.24. The number of anilines is 1. The smallest absolute Gasteiger partial charge is 0.416 e. The minimum Gasteiger partial charge on any atom is -0.507 e. The number of alkyl halides is 3. The number of piperidine rings is 1. The molecule has 0 amide bonds. The molecule has 0 bridgehead atoms. The fourth-order valence-corrected chi connectivity index (χ4v) is 3.29. The maximum absolute atomic E-state index is 12.8. The molecule has 1 aliphatic heterocycles. The monoisotopic (exact) mass is 481 g/mol. The van der Waals surface area contributed by atoms with Crippen LogP contribution in [0.1, 0.15) is 36.0 Å². The Bertz CT molecular complexity index is 1010. The van der Waals surface area contributed by atoms with E-state index in [1.54, 1.807) is 6.92 Å². The number of phenols is 1. The molecule has 1 saturated heterocycles. The summed E-state index contributed by atoms with van der Waals surface area (Å²) in [5.74, 6) is -0.234. The van der Waals surface area contributed by atoms with Gasteiger partial charge in [0, 0.05) is 31.2 Å². The SMILES string of the molecule is Cc1c(-c2ccc(C(F)(F)F)cc2O)nnc(NC2CCCNC2)c1C#N.O=COCCCO. The number of aliphatic hydroxyl groups is 1. The number of nitriles is 1. The number of nitrogens with zero attached hydrogens (tertiary/aromatic N) is 3. The molecule has 9 nitrogen and oxygen atoms in total. The summed E-state index contributed by atoms with van der Waals surface area (Å²) in [6.45, 7) is 4.08. The lowest BCUT2D eigenvalue weighted by atomic mass is 10.0. The normalized spacial score (nSPS) is 15.5. The number of hydrogen-bond donors (Lipinski definition) is 4. The third kappa shape index (κ3) is 7.29. The molecule has 2 heterocycles. The number of carbonyl (C=O) groups is 1. The zero-order chi connectivity index (χ0) is 25.1. The maximum atomic E-state index is 12.8. The average Bonchev–Trinajstić information content (AvgIpc) is 2.81. The molecular weight excluding hydrogens is 455 g/mol. The fraction of sp³-hybridized carbons (Fsp3) is 0.455. The third-order valence-corrected chi connectivity index (χ3v) is 5.04. The van der Waals surface area contributed by atoms with E-state index < -0.39 is 17.5 Å². The van der Waals surface area contributed by atoms with E-state index in [-0.39, 0.29) is 29.5 Å². The summed E-state index contributed by atoms with van der Waals surface area (Å²) >= 11 is 0. The van der Waals surface area contributed by atoms with Crippen molar-refractivity contribution in [2.45, 2.75) is 38.4 Å². The van der Waals surface area contributed by atoms with Gasteiger partial charge in [0.2, 0.25) is 0 Å². The lowest BCUT2D eigenvalue weighted by molar-refractivity contribution is -0.137. The highest BCUT2D eigenvalue weighted by atomic mass is 19.4. The Hall–Kier alpha value is -3.43. The van der Waals surface area contributed by atoms with Crippen LogP contribution in [-0.2, 0) is 15.7 Å². The highest BCUT2D eigenvalue weighted by molar-refractivity contribution is 5.74. The number of halogens is 3. The quantitative estimate of drug-likeness (QED) is 0.347. The standard InChI is InChI=1S/C18H18F3N5O.C4H8O3/c1-10-14(8-22)17(24-12-3-2-6-23-9-12)26-25-16(10)13-5-4-11(7-15(13)27)18(19,20)21;5-2-1-3-7-4-6/h4-5,7,12,23,27H,2-3,6,9H2,1H3,(H,24,26);4-5H,1-3H2. The van der Waals surface area contributed by atoms with Crippen LogP contribution in [0.4, 0.5) is 19.0 Å². The van der Waals surface area contributed by atoms with E-state index in [2.05, 4.69) is 31.6 Å². The molecule has 1 aromatic carbocycles. The van der Waals surface area contributed by atoms with E-state index in [1.807, 2.05) is 0 Å². The van der Waals surface area contributed by atoms with Crippen LogP contribution in [0.2, 0.25) is 0 Å². The summed E-state index contributed by atoms with van der Waals surface area (Å²) in [5.41, 5.74) is -0.00266. The number of phenolic OH excluding ortho intramolecular Hbond substituents is 1. The molecular formula is C22H26F3N5O4. The van der Waals surface area contributed by atoms with Crippen LogP contribution < -0.4 is 10.6 Å². The number of aromatic hydroxyl groups is 1. The van der Waals surface area contributed by atoms with Gasteiger partial charge in [-0.3, -0.25) is 4.79 Å². The Morgan fingerprint density at radius 3 is 2.71 bits per heavy atom. The Labute approximate surface area is 194 Å². The molecule has 2 aromatic rings. The van der Waals surface area contributed by atoms with Crippen LogP contribution in [0.5, 0.6) is 5.75 Å². The van der Waals surface area contributed by atoms with Gasteiger partial charge in [-0.1, -0.05) is 0 Å². The molecule has 184 valence electrons. The number of benzene rings is 1. The van der Waals surface area contributed by atoms with Crippen LogP contribution >= 0.6 is 0 Å². The van der Waals surface area contributed by atoms with Crippen molar-refractivity contribution in [2.75, 3.05) is 31.6 Å². The number of nitrogens with one attached hydrogen (secondary N) is 2. The second-order valence-electron chi connectivity index (χ2n) is 7.47. The first-order valence-electron chi connectivity index (χ1n) is 10.5. The number of aromatic nitrogens is 2. The van der Waals surface area contributed by atoms with Crippen molar-refractivity contribution in [2.24, 2.45) is 0 Å². The van der Waals surface area contributed by atoms with Gasteiger partial charge in [-0.05, 0) is 50.1 Å². The Kier molecular flexibility index (Phi) is 10.0. The lowest BCUT2D eigenvalue weighted by Crippen LogP contribution is -2.38. The van der Waals surface area contributed by atoms with E-state index in [4.69, 9.17) is 5.11 Å². The number of rotatable bonds is 7. The molecule has 34 heavy (non-hydrogen) atoms. The highest BCUT2D eigenvalue weighted by Crippen LogP contribution is 2.37. The molecule has 12 heteroatoms. The molecule has 1 atom stereocenters. The van der Waals surface area contributed by atoms with E-state index in [1.165, 1.54) is 0 Å². The minimum atomic E-state index is -4.56. The van der Waals surface area contributed by atoms with Crippen LogP contribution in [0, 0.1) is 18.3 Å². The average molecular weight is 481 g/mol. The number of carbonyl (C=O) groups excluding carboxylic acids is 1. The molecule has 0 aliphatic carbocycles. The second-order valence-corrected chi connectivity index (χ2v) is 7.47. The first-order chi connectivity index (χ1) is 16.2. The minimum absolute atomic E-state index is 0.0772. The fourth-order valence-electron chi connectivity index (χ4n) is 3.29. The predicted octanol–water partition coefficient (Wildman–Crippen LogP) is 2.75. The predicted molar refractivity (Wildman–Crippen MR) is 117 cm³/mol. The van der Waals surface area contributed by atoms with Gasteiger partial charge in [0.05, 0.1) is 12.2 Å². The zero-order valence-corrected chi connectivity index (χ0v) is 18.5. The highest BCUT2D eigenvalue weighted by Gasteiger charge is 2.31. The van der Waals surface area contributed by atoms with Crippen LogP contribution in [-0.4, -0.2) is 59.2 Å². The van der Waals surface area contributed by atoms with E-state index >= 15 is 0 Å². The number of aliphatic hydroxyl groups excluding tert-OH is 1. The van der Waals surface area contributed by atoms with Gasteiger partial charge >= 0.3 is 6.18 Å². The third-order valence-electron chi connectivity index (χ3n) is 5.04. The second kappa shape index (κ2) is 12.7. The topological polar surface area (TPSA) is 140 Å². The van der Waals surface area contributed by atoms with Crippen molar-refractivity contribution in [1.82, 2.24) is 15.5 Å². The molecule has 1 fully saturated rings. The number of hydrogen-bond acceptors (Lipinski definition) is 9. The summed E-state index contributed by atoms with van der Waals surface area (Å²) in [4.78, 5) is 9.38. The van der Waals surface area contributed by atoms with Crippen molar-refractivity contribution in [3.05, 3.63) is 34.9 Å². The molecule has 0 saturated carbocycles. The van der Waals surface area contributed by atoms with Crippen LogP contribution in [0.25, 0.3) is 11.3 Å². The van der Waals surface area contributed by atoms with Crippen molar-refractivity contribution in [3.63, 3.8) is 0 Å². The van der Waals surface area contributed by atoms with E-state index in [0.29, 0.717) is 36.9 Å². The van der Waals surface area contributed by atoms with Crippen LogP contribution in [0.3, 0.4) is 0 Å². The molecule has 0 spiro atoms. The van der Waals surface area contributed by atoms with Gasteiger partial charge < -0.3 is 25.6 Å². The van der Waals surface area contributed by atoms with E-state index in [0.717, 1.165) is 38.1 Å². The van der Waals surface area contributed by atoms with Crippen molar-refractivity contribution in [3.8, 4) is 23.1 Å². The Balaban J connectivity index is 0.000000509. The van der Waals surface area contributed by atoms with Gasteiger partial charge in [0.15, 0.2) is 5.82 Å². The molecule has 0 radical (unpaired) electrons. The number of ether oxygens (including phenoxy) is 1. The summed E-state index contributed by atoms with van der Waals surface area (Å²) in [5, 5.41) is 42.2. The zero-order valence-electron chi connectivity index (χ0n) is 18.5. The molecule has 4 N–H and O–H groups in total. The first kappa shape index (κ1) is 26.8. The molecule has 1 aromatic heterocycles. The summed E-state index contributed by atoms with van der Waals surface area (Å²) in [6.07, 6.45) is -2.10. The van der Waals surface area contributed by atoms with Crippen molar-refractivity contribution >= 4 is 12.3 Å². The van der Waals surface area contributed by atoms with Crippen molar-refractivity contribution in [1.29, 1.82) is 5.26 Å². The maximum Gasteiger partial charge on any atom is 0.416 e. The van der Waals surface area contributed by atoms with Gasteiger partial charge in [-0.25, -0.2) is 0 Å². The molecule has 1 unspecified atom stereocenters. The summed E-state index contributed by atoms with van der Waals surface area (Å²) in [7, 11) is 0. The Morgan fingerprint density at radius 1 is 1.38 bits per heavy atom. The summed E-state index contributed by atoms with van der Waals surface area (Å²) < 4.78 is 42.6. The van der Waals surface area contributed by atoms with Gasteiger partial charge in [0.1, 0.15) is 23.1 Å². The first-order valence-corrected chi connectivity index (χ1v) is 10.5. The summed E-state index contributed by atoms with van der Waals surface area (Å²) in [6, 6.07) is 4.83. The van der Waals surface area contributed by atoms with Crippen LogP contribution in [0.15, 0.2) is 18.2 Å². The van der Waals surface area contributed by atoms with Gasteiger partial charge in [0.25, 0.3) is 6.47 Å². The molecule has 1 aliphatic rings. The Morgan fingerprint density at radius 2 is 2.15 bits per heavy atom.